The third-order valence-electron chi connectivity index (χ3n) is 12.8. The predicted molar refractivity (Wildman–Crippen MR) is 289 cm³/mol. The molecule has 6 nitrogen and oxygen atoms in total. The fourth-order valence-electron chi connectivity index (χ4n) is 8.37. The van der Waals surface area contributed by atoms with E-state index in [0.29, 0.717) is 19.3 Å². The third kappa shape index (κ3) is 54.2. The van der Waals surface area contributed by atoms with Gasteiger partial charge in [-0.2, -0.15) is 0 Å². The van der Waals surface area contributed by atoms with E-state index in [1.807, 2.05) is 0 Å². The van der Waals surface area contributed by atoms with Gasteiger partial charge in [0, 0.05) is 19.3 Å². The van der Waals surface area contributed by atoms with Crippen LogP contribution in [0.4, 0.5) is 0 Å². The maximum Gasteiger partial charge on any atom is 0.306 e. The van der Waals surface area contributed by atoms with E-state index in [0.717, 1.165) is 83.5 Å². The number of carbonyl (C=O) groups excluding carboxylic acids is 3. The molecule has 0 unspecified atom stereocenters. The molecule has 0 rings (SSSR count). The first-order valence-corrected chi connectivity index (χ1v) is 29.1. The first-order valence-electron chi connectivity index (χ1n) is 29.1. The Labute approximate surface area is 416 Å². The summed E-state index contributed by atoms with van der Waals surface area (Å²) in [5.74, 6) is -0.886. The van der Waals surface area contributed by atoms with Crippen LogP contribution in [0.25, 0.3) is 0 Å². The van der Waals surface area contributed by atoms with E-state index in [-0.39, 0.29) is 31.1 Å². The number of hydrogen-bond donors (Lipinski definition) is 0. The maximum absolute atomic E-state index is 12.9. The quantitative estimate of drug-likeness (QED) is 0.0262. The van der Waals surface area contributed by atoms with Crippen LogP contribution >= 0.6 is 0 Å². The summed E-state index contributed by atoms with van der Waals surface area (Å²) < 4.78 is 16.9. The zero-order valence-electron chi connectivity index (χ0n) is 44.7. The minimum atomic E-state index is -0.779. The first kappa shape index (κ1) is 64.4. The summed E-state index contributed by atoms with van der Waals surface area (Å²) in [6.07, 6.45) is 68.2. The highest BCUT2D eigenvalue weighted by Crippen LogP contribution is 2.16. The van der Waals surface area contributed by atoms with Crippen LogP contribution in [0.1, 0.15) is 303 Å². The molecule has 0 fully saturated rings. The van der Waals surface area contributed by atoms with Crippen molar-refractivity contribution in [1.82, 2.24) is 0 Å². The minimum Gasteiger partial charge on any atom is -0.462 e. The lowest BCUT2D eigenvalue weighted by molar-refractivity contribution is -0.167. The SMILES string of the molecule is CCCC/C=C\CCCCCCCC(=O)OC[C@H](COC(=O)CCCCCCCC/C=C\C/C=C\C/C=C\CCCCC)OC(=O)CCCCCCCCCCCCCCCCCCCCC. The standard InChI is InChI=1S/C61H110O6/c1-4-7-10-13-16-19-22-24-26-28-30-32-34-36-39-42-45-48-51-54-60(63)66-57-58(56-65-59(62)53-50-47-44-41-38-21-18-15-12-9-6-3)67-61(64)55-52-49-46-43-40-37-35-33-31-29-27-25-23-20-17-14-11-8-5-2/h15-16,18-19,24,26,30,32,58H,4-14,17,20-23,25,27-29,31,33-57H2,1-3H3/b18-15-,19-16-,26-24-,32-30-/t58-/m1/s1. The van der Waals surface area contributed by atoms with Gasteiger partial charge in [-0.1, -0.05) is 256 Å². The van der Waals surface area contributed by atoms with Crippen LogP contribution in [0.5, 0.6) is 0 Å². The molecular weight excluding hydrogens is 829 g/mol. The molecule has 0 saturated carbocycles. The fraction of sp³-hybridized carbons (Fsp3) is 0.820. The van der Waals surface area contributed by atoms with Crippen molar-refractivity contribution in [3.05, 3.63) is 48.6 Å². The van der Waals surface area contributed by atoms with E-state index in [1.165, 1.54) is 180 Å². The van der Waals surface area contributed by atoms with Crippen LogP contribution < -0.4 is 0 Å². The van der Waals surface area contributed by atoms with E-state index in [2.05, 4.69) is 69.4 Å². The molecule has 0 aliphatic heterocycles. The van der Waals surface area contributed by atoms with Gasteiger partial charge in [0.1, 0.15) is 13.2 Å². The van der Waals surface area contributed by atoms with Crippen LogP contribution in [-0.4, -0.2) is 37.2 Å². The maximum atomic E-state index is 12.9. The Balaban J connectivity index is 4.32. The smallest absolute Gasteiger partial charge is 0.306 e. The van der Waals surface area contributed by atoms with Gasteiger partial charge in [-0.05, 0) is 77.0 Å². The van der Waals surface area contributed by atoms with E-state index >= 15 is 0 Å². The van der Waals surface area contributed by atoms with Gasteiger partial charge in [-0.25, -0.2) is 0 Å². The largest absolute Gasteiger partial charge is 0.462 e. The van der Waals surface area contributed by atoms with Crippen LogP contribution in [0.15, 0.2) is 48.6 Å². The molecule has 0 N–H and O–H groups in total. The molecule has 0 aromatic rings. The molecule has 0 aliphatic carbocycles. The minimum absolute atomic E-state index is 0.0792. The monoisotopic (exact) mass is 939 g/mol. The molecule has 0 bridgehead atoms. The van der Waals surface area contributed by atoms with Gasteiger partial charge in [-0.3, -0.25) is 14.4 Å². The molecule has 0 aliphatic rings. The summed E-state index contributed by atoms with van der Waals surface area (Å²) in [6.45, 7) is 6.59. The molecule has 0 saturated heterocycles. The second kappa shape index (κ2) is 56.0. The van der Waals surface area contributed by atoms with Gasteiger partial charge in [-0.15, -0.1) is 0 Å². The number of allylic oxidation sites excluding steroid dienone is 8. The second-order valence-electron chi connectivity index (χ2n) is 19.6. The zero-order valence-corrected chi connectivity index (χ0v) is 44.7. The summed E-state index contributed by atoms with van der Waals surface area (Å²) >= 11 is 0. The highest BCUT2D eigenvalue weighted by molar-refractivity contribution is 5.71. The van der Waals surface area contributed by atoms with E-state index in [4.69, 9.17) is 14.2 Å². The summed E-state index contributed by atoms with van der Waals surface area (Å²) in [4.78, 5) is 38.1. The number of hydrogen-bond acceptors (Lipinski definition) is 6. The van der Waals surface area contributed by atoms with Crippen molar-refractivity contribution in [1.29, 1.82) is 0 Å². The summed E-state index contributed by atoms with van der Waals surface area (Å²) in [5.41, 5.74) is 0. The molecule has 390 valence electrons. The van der Waals surface area contributed by atoms with Gasteiger partial charge in [0.25, 0.3) is 0 Å². The van der Waals surface area contributed by atoms with Gasteiger partial charge in [0.05, 0.1) is 0 Å². The number of unbranched alkanes of at least 4 members (excludes halogenated alkanes) is 34. The van der Waals surface area contributed by atoms with Crippen LogP contribution in [0, 0.1) is 0 Å². The number of ether oxygens (including phenoxy) is 3. The van der Waals surface area contributed by atoms with Crippen molar-refractivity contribution < 1.29 is 28.6 Å². The molecule has 0 aromatic heterocycles. The number of carbonyl (C=O) groups is 3. The van der Waals surface area contributed by atoms with Crippen molar-refractivity contribution in [2.24, 2.45) is 0 Å². The number of rotatable bonds is 53. The highest BCUT2D eigenvalue weighted by Gasteiger charge is 2.19. The van der Waals surface area contributed by atoms with Crippen LogP contribution in [0.2, 0.25) is 0 Å². The number of esters is 3. The van der Waals surface area contributed by atoms with Crippen LogP contribution in [0.3, 0.4) is 0 Å². The Morgan fingerprint density at radius 2 is 0.552 bits per heavy atom. The van der Waals surface area contributed by atoms with Crippen molar-refractivity contribution >= 4 is 17.9 Å². The zero-order chi connectivity index (χ0) is 48.6. The Kier molecular flexibility index (Phi) is 53.8. The molecule has 0 aromatic carbocycles. The Morgan fingerprint density at radius 1 is 0.299 bits per heavy atom. The molecule has 6 heteroatoms. The third-order valence-corrected chi connectivity index (χ3v) is 12.8. The predicted octanol–water partition coefficient (Wildman–Crippen LogP) is 19.4. The Bertz CT molecular complexity index is 1170. The van der Waals surface area contributed by atoms with Crippen molar-refractivity contribution in [3.8, 4) is 0 Å². The average Bonchev–Trinajstić information content (AvgIpc) is 3.33. The van der Waals surface area contributed by atoms with Crippen molar-refractivity contribution in [2.75, 3.05) is 13.2 Å². The summed E-state index contributed by atoms with van der Waals surface area (Å²) in [5, 5.41) is 0. The Morgan fingerprint density at radius 3 is 0.925 bits per heavy atom. The summed E-state index contributed by atoms with van der Waals surface area (Å²) in [6, 6.07) is 0. The van der Waals surface area contributed by atoms with Crippen molar-refractivity contribution in [3.63, 3.8) is 0 Å². The molecule has 1 atom stereocenters. The van der Waals surface area contributed by atoms with Gasteiger partial charge >= 0.3 is 17.9 Å². The molecule has 0 amide bonds. The molecule has 0 spiro atoms. The second-order valence-corrected chi connectivity index (χ2v) is 19.6. The Hall–Kier alpha value is -2.63. The lowest BCUT2D eigenvalue weighted by Gasteiger charge is -2.18. The molecule has 67 heavy (non-hydrogen) atoms. The van der Waals surface area contributed by atoms with E-state index in [1.54, 1.807) is 0 Å². The molecular formula is C61H110O6. The lowest BCUT2D eigenvalue weighted by Crippen LogP contribution is -2.30. The van der Waals surface area contributed by atoms with Crippen LogP contribution in [-0.2, 0) is 28.6 Å². The summed E-state index contributed by atoms with van der Waals surface area (Å²) in [7, 11) is 0. The molecule has 0 radical (unpaired) electrons. The molecule has 0 heterocycles. The first-order chi connectivity index (χ1) is 33.0. The van der Waals surface area contributed by atoms with Gasteiger partial charge < -0.3 is 14.2 Å². The van der Waals surface area contributed by atoms with Gasteiger partial charge in [0.2, 0.25) is 0 Å². The normalized spacial score (nSPS) is 12.3. The van der Waals surface area contributed by atoms with Gasteiger partial charge in [0.15, 0.2) is 6.10 Å². The van der Waals surface area contributed by atoms with Crippen molar-refractivity contribution in [2.45, 2.75) is 309 Å². The van der Waals surface area contributed by atoms with E-state index < -0.39 is 6.10 Å². The topological polar surface area (TPSA) is 78.9 Å². The lowest BCUT2D eigenvalue weighted by atomic mass is 10.0. The average molecular weight is 940 g/mol. The fourth-order valence-corrected chi connectivity index (χ4v) is 8.37. The van der Waals surface area contributed by atoms with E-state index in [9.17, 15) is 14.4 Å². The highest BCUT2D eigenvalue weighted by atomic mass is 16.6.